The molecule has 0 aliphatic heterocycles. The third kappa shape index (κ3) is 2.27. The van der Waals surface area contributed by atoms with Crippen molar-refractivity contribution < 1.29 is 4.79 Å². The molecule has 0 unspecified atom stereocenters. The van der Waals surface area contributed by atoms with E-state index < -0.39 is 5.91 Å². The van der Waals surface area contributed by atoms with E-state index in [0.29, 0.717) is 16.9 Å². The number of hydrogen-bond acceptors (Lipinski definition) is 3. The largest absolute Gasteiger partial charge is 0.365 e. The number of primary amides is 1. The third-order valence-corrected chi connectivity index (χ3v) is 2.34. The van der Waals surface area contributed by atoms with Gasteiger partial charge in [-0.3, -0.25) is 9.20 Å². The van der Waals surface area contributed by atoms with E-state index >= 15 is 0 Å². The molecule has 0 atom stereocenters. The van der Waals surface area contributed by atoms with Crippen molar-refractivity contribution in [2.45, 2.75) is 34.6 Å². The summed E-state index contributed by atoms with van der Waals surface area (Å²) in [6.07, 6.45) is 1.84. The summed E-state index contributed by atoms with van der Waals surface area (Å²) in [6.45, 7) is 9.50. The van der Waals surface area contributed by atoms with Gasteiger partial charge in [0.05, 0.1) is 11.4 Å². The van der Waals surface area contributed by atoms with Crippen molar-refractivity contribution in [2.75, 3.05) is 0 Å². The predicted molar refractivity (Wildman–Crippen MR) is 67.1 cm³/mol. The minimum Gasteiger partial charge on any atom is -0.365 e. The quantitative estimate of drug-likeness (QED) is 0.817. The average Bonchev–Trinajstić information content (AvgIpc) is 2.62. The zero-order valence-corrected chi connectivity index (χ0v) is 10.9. The van der Waals surface area contributed by atoms with Crippen LogP contribution in [0.1, 0.15) is 41.4 Å². The summed E-state index contributed by atoms with van der Waals surface area (Å²) < 4.78 is 1.78. The van der Waals surface area contributed by atoms with E-state index in [1.807, 2.05) is 33.9 Å². The fraction of sp³-hybridized carbons (Fsp3) is 0.417. The van der Waals surface area contributed by atoms with Gasteiger partial charge in [0.25, 0.3) is 5.91 Å². The zero-order chi connectivity index (χ0) is 13.2. The van der Waals surface area contributed by atoms with Gasteiger partial charge in [0.1, 0.15) is 11.4 Å². The van der Waals surface area contributed by atoms with Gasteiger partial charge in [-0.2, -0.15) is 0 Å². The molecule has 92 valence electrons. The highest BCUT2D eigenvalue weighted by atomic mass is 16.1. The number of nitrogens with two attached hydrogens (primary N) is 1. The number of fused-ring (bicyclic) bond motifs is 1. The van der Waals surface area contributed by atoms with Crippen molar-refractivity contribution in [2.24, 2.45) is 5.73 Å². The molecule has 2 heterocycles. The average molecular weight is 234 g/mol. The number of carbonyl (C=O) groups is 1. The maximum atomic E-state index is 11.3. The van der Waals surface area contributed by atoms with E-state index in [0.717, 1.165) is 11.5 Å². The lowest BCUT2D eigenvalue weighted by Crippen LogP contribution is -2.16. The van der Waals surface area contributed by atoms with Crippen LogP contribution in [-0.2, 0) is 0 Å². The molecule has 17 heavy (non-hydrogen) atoms. The van der Waals surface area contributed by atoms with Gasteiger partial charge in [-0.05, 0) is 20.8 Å². The predicted octanol–water partition coefficient (Wildman–Crippen LogP) is 1.78. The number of aromatic nitrogens is 3. The molecule has 0 saturated heterocycles. The second-order valence-electron chi connectivity index (χ2n) is 3.56. The van der Waals surface area contributed by atoms with Crippen LogP contribution in [0.25, 0.3) is 5.65 Å². The zero-order valence-electron chi connectivity index (χ0n) is 10.9. The van der Waals surface area contributed by atoms with Crippen molar-refractivity contribution in [3.05, 3.63) is 29.0 Å². The van der Waals surface area contributed by atoms with Gasteiger partial charge < -0.3 is 5.73 Å². The Labute approximate surface area is 101 Å². The van der Waals surface area contributed by atoms with E-state index in [4.69, 9.17) is 5.73 Å². The highest BCUT2D eigenvalue weighted by Gasteiger charge is 2.15. The van der Waals surface area contributed by atoms with Crippen LogP contribution in [0.15, 0.2) is 6.20 Å². The second kappa shape index (κ2) is 4.95. The van der Waals surface area contributed by atoms with Crippen molar-refractivity contribution in [3.63, 3.8) is 0 Å². The molecule has 1 amide bonds. The van der Waals surface area contributed by atoms with Gasteiger partial charge >= 0.3 is 0 Å². The number of nitrogens with zero attached hydrogens (tertiary/aromatic N) is 3. The Bertz CT molecular complexity index is 557. The number of aryl methyl sites for hydroxylation is 3. The van der Waals surface area contributed by atoms with E-state index in [-0.39, 0.29) is 0 Å². The summed E-state index contributed by atoms with van der Waals surface area (Å²) in [5.74, 6) is 0.309. The Morgan fingerprint density at radius 2 is 1.82 bits per heavy atom. The van der Waals surface area contributed by atoms with Crippen LogP contribution >= 0.6 is 0 Å². The molecule has 0 spiro atoms. The molecule has 0 fully saturated rings. The smallest absolute Gasteiger partial charge is 0.254 e. The Morgan fingerprint density at radius 3 is 2.35 bits per heavy atom. The molecular weight excluding hydrogens is 216 g/mol. The number of carbonyl (C=O) groups excluding carboxylic acids is 1. The van der Waals surface area contributed by atoms with Crippen LogP contribution in [0.4, 0.5) is 0 Å². The van der Waals surface area contributed by atoms with E-state index in [2.05, 4.69) is 9.97 Å². The van der Waals surface area contributed by atoms with Crippen LogP contribution < -0.4 is 5.73 Å². The molecule has 2 rings (SSSR count). The van der Waals surface area contributed by atoms with Gasteiger partial charge in [0.2, 0.25) is 0 Å². The summed E-state index contributed by atoms with van der Waals surface area (Å²) in [6, 6.07) is 0. The molecule has 0 radical (unpaired) electrons. The third-order valence-electron chi connectivity index (χ3n) is 2.34. The maximum Gasteiger partial charge on any atom is 0.254 e. The molecule has 2 N–H and O–H groups in total. The summed E-state index contributed by atoms with van der Waals surface area (Å²) in [5.41, 5.74) is 7.76. The minimum atomic E-state index is -0.490. The van der Waals surface area contributed by atoms with Crippen LogP contribution in [0.3, 0.4) is 0 Å². The van der Waals surface area contributed by atoms with E-state index in [1.165, 1.54) is 0 Å². The summed E-state index contributed by atoms with van der Waals surface area (Å²) in [5, 5.41) is 0. The fourth-order valence-electron chi connectivity index (χ4n) is 1.72. The number of rotatable bonds is 1. The molecular formula is C12H18N4O. The standard InChI is InChI=1S/C10H12N4O.C2H6/c1-5-4-14-7(3)13-6(2)8(9(11)15)10(14)12-5;1-2/h4H,1-3H3,(H2,11,15);1-2H3. The fourth-order valence-corrected chi connectivity index (χ4v) is 1.72. The molecule has 2 aromatic rings. The number of hydrogen-bond donors (Lipinski definition) is 1. The Morgan fingerprint density at radius 1 is 1.24 bits per heavy atom. The summed E-state index contributed by atoms with van der Waals surface area (Å²) >= 11 is 0. The monoisotopic (exact) mass is 234 g/mol. The molecule has 0 aliphatic rings. The first-order chi connectivity index (χ1) is 8.00. The number of amides is 1. The summed E-state index contributed by atoms with van der Waals surface area (Å²) in [4.78, 5) is 19.8. The molecule has 0 aromatic carbocycles. The SMILES string of the molecule is CC.Cc1cn2c(C)nc(C)c(C(N)=O)c2n1. The summed E-state index contributed by atoms with van der Waals surface area (Å²) in [7, 11) is 0. The highest BCUT2D eigenvalue weighted by Crippen LogP contribution is 2.15. The lowest BCUT2D eigenvalue weighted by atomic mass is 10.2. The Balaban J connectivity index is 0.000000686. The van der Waals surface area contributed by atoms with Crippen LogP contribution in [0.2, 0.25) is 0 Å². The van der Waals surface area contributed by atoms with Crippen molar-refractivity contribution in [1.29, 1.82) is 0 Å². The molecule has 0 bridgehead atoms. The lowest BCUT2D eigenvalue weighted by Gasteiger charge is -2.05. The van der Waals surface area contributed by atoms with Crippen molar-refractivity contribution in [3.8, 4) is 0 Å². The minimum absolute atomic E-state index is 0.397. The van der Waals surface area contributed by atoms with Gasteiger partial charge in [0, 0.05) is 6.20 Å². The molecule has 0 saturated carbocycles. The Kier molecular flexibility index (Phi) is 3.83. The topological polar surface area (TPSA) is 73.3 Å². The van der Waals surface area contributed by atoms with Gasteiger partial charge in [-0.25, -0.2) is 9.97 Å². The van der Waals surface area contributed by atoms with Gasteiger partial charge in [-0.15, -0.1) is 0 Å². The highest BCUT2D eigenvalue weighted by molar-refractivity contribution is 5.99. The first-order valence-corrected chi connectivity index (χ1v) is 5.63. The molecule has 2 aromatic heterocycles. The lowest BCUT2D eigenvalue weighted by molar-refractivity contribution is 0.100. The van der Waals surface area contributed by atoms with E-state index in [1.54, 1.807) is 11.3 Å². The normalized spacial score (nSPS) is 9.94. The van der Waals surface area contributed by atoms with Crippen molar-refractivity contribution in [1.82, 2.24) is 14.4 Å². The molecule has 0 aliphatic carbocycles. The number of imidazole rings is 1. The maximum absolute atomic E-state index is 11.3. The van der Waals surface area contributed by atoms with Crippen LogP contribution in [0.5, 0.6) is 0 Å². The first kappa shape index (κ1) is 13.2. The van der Waals surface area contributed by atoms with Gasteiger partial charge in [0.15, 0.2) is 5.65 Å². The van der Waals surface area contributed by atoms with Gasteiger partial charge in [-0.1, -0.05) is 13.8 Å². The van der Waals surface area contributed by atoms with Crippen LogP contribution in [-0.4, -0.2) is 20.3 Å². The Hall–Kier alpha value is -1.91. The first-order valence-electron chi connectivity index (χ1n) is 5.63. The molecule has 5 nitrogen and oxygen atoms in total. The van der Waals surface area contributed by atoms with E-state index in [9.17, 15) is 4.79 Å². The second-order valence-corrected chi connectivity index (χ2v) is 3.56. The van der Waals surface area contributed by atoms with Crippen molar-refractivity contribution >= 4 is 11.6 Å². The van der Waals surface area contributed by atoms with Crippen LogP contribution in [0, 0.1) is 20.8 Å². The molecule has 5 heteroatoms.